The van der Waals surface area contributed by atoms with E-state index in [4.69, 9.17) is 10.5 Å². The molecule has 2 heterocycles. The van der Waals surface area contributed by atoms with Crippen molar-refractivity contribution in [1.82, 2.24) is 9.88 Å². The molecule has 1 saturated heterocycles. The fourth-order valence-corrected chi connectivity index (χ4v) is 3.41. The van der Waals surface area contributed by atoms with Gasteiger partial charge in [0.05, 0.1) is 5.69 Å². The Kier molecular flexibility index (Phi) is 5.66. The van der Waals surface area contributed by atoms with Gasteiger partial charge in [-0.25, -0.2) is 0 Å². The van der Waals surface area contributed by atoms with Gasteiger partial charge in [0, 0.05) is 38.2 Å². The van der Waals surface area contributed by atoms with Crippen molar-refractivity contribution in [3.8, 4) is 5.75 Å². The maximum atomic E-state index is 11.5. The summed E-state index contributed by atoms with van der Waals surface area (Å²) in [6.07, 6.45) is 3.05. The average molecular weight is 339 g/mol. The number of ether oxygens (including phenoxy) is 1. The molecule has 0 unspecified atom stereocenters. The molecule has 0 saturated carbocycles. The third-order valence-corrected chi connectivity index (χ3v) is 4.73. The van der Waals surface area contributed by atoms with Gasteiger partial charge in [-0.1, -0.05) is 24.3 Å². The highest BCUT2D eigenvalue weighted by Gasteiger charge is 2.32. The van der Waals surface area contributed by atoms with Crippen LogP contribution in [0.2, 0.25) is 0 Å². The van der Waals surface area contributed by atoms with Crippen molar-refractivity contribution in [2.45, 2.75) is 32.4 Å². The number of carbonyl (C=O) groups excluding carboxylic acids is 1. The van der Waals surface area contributed by atoms with Crippen LogP contribution in [0.15, 0.2) is 48.7 Å². The van der Waals surface area contributed by atoms with Crippen LogP contribution in [0.25, 0.3) is 0 Å². The van der Waals surface area contributed by atoms with Gasteiger partial charge >= 0.3 is 0 Å². The number of likely N-dealkylation sites (tertiary alicyclic amines) is 1. The first-order valence-electron chi connectivity index (χ1n) is 8.74. The van der Waals surface area contributed by atoms with E-state index >= 15 is 0 Å². The van der Waals surface area contributed by atoms with Gasteiger partial charge in [-0.3, -0.25) is 14.7 Å². The van der Waals surface area contributed by atoms with Crippen LogP contribution in [-0.2, 0) is 11.3 Å². The molecule has 1 aliphatic heterocycles. The van der Waals surface area contributed by atoms with Crippen LogP contribution in [0.5, 0.6) is 5.75 Å². The molecular formula is C20H25N3O2. The van der Waals surface area contributed by atoms with Crippen LogP contribution in [0, 0.1) is 12.8 Å². The summed E-state index contributed by atoms with van der Waals surface area (Å²) in [7, 11) is 0. The van der Waals surface area contributed by atoms with E-state index in [0.29, 0.717) is 6.42 Å². The van der Waals surface area contributed by atoms with E-state index in [2.05, 4.69) is 22.9 Å². The van der Waals surface area contributed by atoms with Crippen molar-refractivity contribution in [2.24, 2.45) is 11.7 Å². The average Bonchev–Trinajstić information content (AvgIpc) is 2.60. The van der Waals surface area contributed by atoms with Crippen LogP contribution < -0.4 is 10.5 Å². The molecule has 132 valence electrons. The Morgan fingerprint density at radius 1 is 1.28 bits per heavy atom. The van der Waals surface area contributed by atoms with Gasteiger partial charge in [0.15, 0.2) is 0 Å². The molecule has 5 heteroatoms. The van der Waals surface area contributed by atoms with Gasteiger partial charge < -0.3 is 10.5 Å². The highest BCUT2D eigenvalue weighted by Crippen LogP contribution is 2.26. The number of hydrogen-bond acceptors (Lipinski definition) is 4. The molecule has 0 spiro atoms. The molecule has 1 fully saturated rings. The summed E-state index contributed by atoms with van der Waals surface area (Å²) in [5.74, 6) is 0.661. The number of primary amides is 1. The van der Waals surface area contributed by atoms with Crippen molar-refractivity contribution in [1.29, 1.82) is 0 Å². The second-order valence-corrected chi connectivity index (χ2v) is 6.69. The molecule has 1 aromatic carbocycles. The summed E-state index contributed by atoms with van der Waals surface area (Å²) >= 11 is 0. The monoisotopic (exact) mass is 339 g/mol. The maximum absolute atomic E-state index is 11.5. The van der Waals surface area contributed by atoms with Crippen molar-refractivity contribution in [3.05, 3.63) is 59.9 Å². The third-order valence-electron chi connectivity index (χ3n) is 4.73. The number of piperidine rings is 1. The SMILES string of the molecule is Cc1cccnc1CN1CC[C@@H](Oc2ccccc2)[C@H](CC(N)=O)C1. The lowest BCUT2D eigenvalue weighted by atomic mass is 9.91. The molecule has 1 aromatic heterocycles. The quantitative estimate of drug-likeness (QED) is 0.878. The Balaban J connectivity index is 1.67. The van der Waals surface area contributed by atoms with Gasteiger partial charge in [0.2, 0.25) is 5.91 Å². The first-order valence-corrected chi connectivity index (χ1v) is 8.74. The summed E-state index contributed by atoms with van der Waals surface area (Å²) in [5, 5.41) is 0. The minimum atomic E-state index is -0.275. The summed E-state index contributed by atoms with van der Waals surface area (Å²) < 4.78 is 6.14. The number of para-hydroxylation sites is 1. The summed E-state index contributed by atoms with van der Waals surface area (Å²) in [6, 6.07) is 13.8. The second-order valence-electron chi connectivity index (χ2n) is 6.69. The van der Waals surface area contributed by atoms with E-state index in [0.717, 1.165) is 37.5 Å². The van der Waals surface area contributed by atoms with Crippen molar-refractivity contribution >= 4 is 5.91 Å². The molecule has 0 aliphatic carbocycles. The van der Waals surface area contributed by atoms with Crippen LogP contribution >= 0.6 is 0 Å². The minimum Gasteiger partial charge on any atom is -0.490 e. The summed E-state index contributed by atoms with van der Waals surface area (Å²) in [5.41, 5.74) is 7.75. The Hall–Kier alpha value is -2.40. The highest BCUT2D eigenvalue weighted by atomic mass is 16.5. The number of pyridine rings is 1. The standard InChI is InChI=1S/C20H25N3O2/c1-15-6-5-10-22-18(15)14-23-11-9-19(16(13-23)12-20(21)24)25-17-7-3-2-4-8-17/h2-8,10,16,19H,9,11-14H2,1H3,(H2,21,24)/t16-,19-/m1/s1. The lowest BCUT2D eigenvalue weighted by Gasteiger charge is -2.38. The predicted molar refractivity (Wildman–Crippen MR) is 97.0 cm³/mol. The molecule has 0 bridgehead atoms. The maximum Gasteiger partial charge on any atom is 0.217 e. The third kappa shape index (κ3) is 4.79. The largest absolute Gasteiger partial charge is 0.490 e. The van der Waals surface area contributed by atoms with E-state index < -0.39 is 0 Å². The van der Waals surface area contributed by atoms with Crippen molar-refractivity contribution < 1.29 is 9.53 Å². The number of aromatic nitrogens is 1. The normalized spacial score (nSPS) is 21.0. The summed E-state index contributed by atoms with van der Waals surface area (Å²) in [4.78, 5) is 18.3. The van der Waals surface area contributed by atoms with Crippen LogP contribution in [0.3, 0.4) is 0 Å². The number of hydrogen-bond donors (Lipinski definition) is 1. The topological polar surface area (TPSA) is 68.5 Å². The van der Waals surface area contributed by atoms with Gasteiger partial charge in [-0.15, -0.1) is 0 Å². The van der Waals surface area contributed by atoms with Crippen molar-refractivity contribution in [3.63, 3.8) is 0 Å². The Morgan fingerprint density at radius 3 is 2.80 bits per heavy atom. The Bertz CT molecular complexity index is 705. The fourth-order valence-electron chi connectivity index (χ4n) is 3.41. The zero-order valence-electron chi connectivity index (χ0n) is 14.6. The van der Waals surface area contributed by atoms with Crippen LogP contribution in [0.4, 0.5) is 0 Å². The van der Waals surface area contributed by atoms with Gasteiger partial charge in [-0.05, 0) is 37.1 Å². The molecule has 5 nitrogen and oxygen atoms in total. The highest BCUT2D eigenvalue weighted by molar-refractivity contribution is 5.74. The van der Waals surface area contributed by atoms with E-state index in [1.54, 1.807) is 0 Å². The number of amides is 1. The van der Waals surface area contributed by atoms with Crippen LogP contribution in [0.1, 0.15) is 24.1 Å². The molecular weight excluding hydrogens is 314 g/mol. The molecule has 25 heavy (non-hydrogen) atoms. The first-order chi connectivity index (χ1) is 12.1. The minimum absolute atomic E-state index is 0.0102. The number of aryl methyl sites for hydroxylation is 1. The van der Waals surface area contributed by atoms with Gasteiger partial charge in [-0.2, -0.15) is 0 Å². The lowest BCUT2D eigenvalue weighted by Crippen LogP contribution is -2.46. The predicted octanol–water partition coefficient (Wildman–Crippen LogP) is 2.53. The molecule has 2 aromatic rings. The molecule has 2 N–H and O–H groups in total. The molecule has 1 amide bonds. The Morgan fingerprint density at radius 2 is 2.08 bits per heavy atom. The van der Waals surface area contributed by atoms with Gasteiger partial charge in [0.1, 0.15) is 11.9 Å². The second kappa shape index (κ2) is 8.12. The smallest absolute Gasteiger partial charge is 0.217 e. The molecule has 3 rings (SSSR count). The Labute approximate surface area is 148 Å². The lowest BCUT2D eigenvalue weighted by molar-refractivity contribution is -0.120. The zero-order chi connectivity index (χ0) is 17.6. The van der Waals surface area contributed by atoms with E-state index in [-0.39, 0.29) is 17.9 Å². The first kappa shape index (κ1) is 17.4. The molecule has 2 atom stereocenters. The van der Waals surface area contributed by atoms with Gasteiger partial charge in [0.25, 0.3) is 0 Å². The molecule has 0 radical (unpaired) electrons. The number of nitrogens with two attached hydrogens (primary N) is 1. The van der Waals surface area contributed by atoms with E-state index in [9.17, 15) is 4.79 Å². The number of benzene rings is 1. The van der Waals surface area contributed by atoms with Crippen LogP contribution in [-0.4, -0.2) is 35.0 Å². The number of nitrogens with zero attached hydrogens (tertiary/aromatic N) is 2. The number of carbonyl (C=O) groups is 1. The van der Waals surface area contributed by atoms with Crippen molar-refractivity contribution in [2.75, 3.05) is 13.1 Å². The summed E-state index contributed by atoms with van der Waals surface area (Å²) in [6.45, 7) is 4.58. The molecule has 1 aliphatic rings. The van der Waals surface area contributed by atoms with E-state index in [1.165, 1.54) is 5.56 Å². The zero-order valence-corrected chi connectivity index (χ0v) is 14.6. The van der Waals surface area contributed by atoms with E-state index in [1.807, 2.05) is 42.6 Å². The fraction of sp³-hybridized carbons (Fsp3) is 0.400. The number of rotatable bonds is 6.